The standard InChI is InChI=1S/C11H19Cl6O3P/c1-21(18,19-8-4-2-6-10(12,13)14)20-9-5-3-7-11(15,16)17/h2-9H2,1H3. The summed E-state index contributed by atoms with van der Waals surface area (Å²) in [6.45, 7) is 2.02. The molecule has 0 saturated carbocycles. The third kappa shape index (κ3) is 18.1. The van der Waals surface area contributed by atoms with E-state index < -0.39 is 15.2 Å². The molecule has 0 aliphatic heterocycles. The molecule has 128 valence electrons. The van der Waals surface area contributed by atoms with Gasteiger partial charge in [-0.2, -0.15) is 0 Å². The molecule has 0 aliphatic rings. The van der Waals surface area contributed by atoms with Gasteiger partial charge < -0.3 is 9.05 Å². The van der Waals surface area contributed by atoms with E-state index in [0.29, 0.717) is 51.7 Å². The van der Waals surface area contributed by atoms with Crippen LogP contribution in [0.25, 0.3) is 0 Å². The first-order valence-electron chi connectivity index (χ1n) is 6.41. The zero-order valence-electron chi connectivity index (χ0n) is 11.6. The summed E-state index contributed by atoms with van der Waals surface area (Å²) in [6, 6.07) is 0. The van der Waals surface area contributed by atoms with E-state index in [1.807, 2.05) is 0 Å². The lowest BCUT2D eigenvalue weighted by Gasteiger charge is -2.15. The van der Waals surface area contributed by atoms with Gasteiger partial charge in [-0.1, -0.05) is 69.6 Å². The Morgan fingerprint density at radius 3 is 1.38 bits per heavy atom. The van der Waals surface area contributed by atoms with E-state index in [-0.39, 0.29) is 0 Å². The van der Waals surface area contributed by atoms with Crippen LogP contribution in [0, 0.1) is 0 Å². The van der Waals surface area contributed by atoms with Crippen LogP contribution >= 0.6 is 77.2 Å². The molecule has 10 heteroatoms. The van der Waals surface area contributed by atoms with Crippen LogP contribution in [0.15, 0.2) is 0 Å². The van der Waals surface area contributed by atoms with E-state index in [1.165, 1.54) is 6.66 Å². The topological polar surface area (TPSA) is 35.5 Å². The first kappa shape index (κ1) is 22.9. The fourth-order valence-electron chi connectivity index (χ4n) is 1.35. The fraction of sp³-hybridized carbons (Fsp3) is 1.00. The van der Waals surface area contributed by atoms with Crippen LogP contribution in [0.4, 0.5) is 0 Å². The van der Waals surface area contributed by atoms with Gasteiger partial charge in [0, 0.05) is 6.66 Å². The van der Waals surface area contributed by atoms with Crippen LogP contribution in [-0.4, -0.2) is 27.5 Å². The molecule has 0 aromatic heterocycles. The first-order chi connectivity index (χ1) is 9.41. The van der Waals surface area contributed by atoms with Crippen molar-refractivity contribution >= 4 is 77.2 Å². The normalized spacial score (nSPS) is 13.7. The average Bonchev–Trinajstić information content (AvgIpc) is 2.24. The van der Waals surface area contributed by atoms with Gasteiger partial charge in [0.25, 0.3) is 0 Å². The molecule has 3 nitrogen and oxygen atoms in total. The van der Waals surface area contributed by atoms with Crippen molar-refractivity contribution in [2.24, 2.45) is 0 Å². The van der Waals surface area contributed by atoms with Gasteiger partial charge >= 0.3 is 7.60 Å². The smallest absolute Gasteiger partial charge is 0.309 e. The highest BCUT2D eigenvalue weighted by molar-refractivity contribution is 7.52. The van der Waals surface area contributed by atoms with Crippen molar-refractivity contribution in [1.82, 2.24) is 0 Å². The van der Waals surface area contributed by atoms with Gasteiger partial charge in [0.05, 0.1) is 13.2 Å². The summed E-state index contributed by atoms with van der Waals surface area (Å²) in [5, 5.41) is 0. The predicted octanol–water partition coefficient (Wildman–Crippen LogP) is 6.92. The van der Waals surface area contributed by atoms with E-state index in [9.17, 15) is 4.57 Å². The summed E-state index contributed by atoms with van der Waals surface area (Å²) in [5.41, 5.74) is 0. The first-order valence-corrected chi connectivity index (χ1v) is 10.7. The number of hydrogen-bond acceptors (Lipinski definition) is 3. The summed E-state index contributed by atoms with van der Waals surface area (Å²) < 4.78 is 19.9. The fourth-order valence-corrected chi connectivity index (χ4v) is 3.15. The molecule has 0 bridgehead atoms. The SMILES string of the molecule is CP(=O)(OCCCCC(Cl)(Cl)Cl)OCCCCC(Cl)(Cl)Cl. The van der Waals surface area contributed by atoms with Gasteiger partial charge in [-0.05, 0) is 38.5 Å². The maximum atomic E-state index is 11.9. The van der Waals surface area contributed by atoms with Crippen molar-refractivity contribution in [3.05, 3.63) is 0 Å². The van der Waals surface area contributed by atoms with Crippen LogP contribution in [-0.2, 0) is 13.6 Å². The van der Waals surface area contributed by atoms with Gasteiger partial charge in [0.2, 0.25) is 0 Å². The maximum Gasteiger partial charge on any atom is 0.327 e. The highest BCUT2D eigenvalue weighted by Crippen LogP contribution is 2.44. The lowest BCUT2D eigenvalue weighted by Crippen LogP contribution is -2.04. The molecule has 0 aromatic carbocycles. The Morgan fingerprint density at radius 1 is 0.762 bits per heavy atom. The molecule has 0 N–H and O–H groups in total. The molecule has 21 heavy (non-hydrogen) atoms. The molecule has 0 unspecified atom stereocenters. The summed E-state index contributed by atoms with van der Waals surface area (Å²) in [6.07, 6.45) is 3.46. The molecule has 0 saturated heterocycles. The van der Waals surface area contributed by atoms with E-state index in [0.717, 1.165) is 0 Å². The molecular weight excluding hydrogens is 424 g/mol. The Labute approximate surface area is 156 Å². The van der Waals surface area contributed by atoms with Crippen molar-refractivity contribution in [3.8, 4) is 0 Å². The Hall–Kier alpha value is 1.89. The molecule has 0 aliphatic carbocycles. The third-order valence-electron chi connectivity index (χ3n) is 2.36. The predicted molar refractivity (Wildman–Crippen MR) is 93.7 cm³/mol. The minimum Gasteiger partial charge on any atom is -0.309 e. The minimum atomic E-state index is -3.05. The average molecular weight is 443 g/mol. The lowest BCUT2D eigenvalue weighted by atomic mass is 10.3. The van der Waals surface area contributed by atoms with Gasteiger partial charge in [0.15, 0.2) is 7.59 Å². The lowest BCUT2D eigenvalue weighted by molar-refractivity contribution is 0.202. The number of hydrogen-bond donors (Lipinski definition) is 0. The molecule has 0 radical (unpaired) electrons. The Balaban J connectivity index is 3.63. The molecule has 0 amide bonds. The van der Waals surface area contributed by atoms with Gasteiger partial charge in [0.1, 0.15) is 0 Å². The van der Waals surface area contributed by atoms with Crippen LogP contribution < -0.4 is 0 Å². The summed E-state index contributed by atoms with van der Waals surface area (Å²) in [4.78, 5) is 0. The van der Waals surface area contributed by atoms with Crippen LogP contribution in [0.5, 0.6) is 0 Å². The van der Waals surface area contributed by atoms with Crippen LogP contribution in [0.2, 0.25) is 0 Å². The molecule has 0 atom stereocenters. The van der Waals surface area contributed by atoms with Gasteiger partial charge in [-0.15, -0.1) is 0 Å². The van der Waals surface area contributed by atoms with Gasteiger partial charge in [-0.3, -0.25) is 4.57 Å². The number of rotatable bonds is 10. The largest absolute Gasteiger partial charge is 0.327 e. The van der Waals surface area contributed by atoms with Crippen LogP contribution in [0.1, 0.15) is 38.5 Å². The van der Waals surface area contributed by atoms with Gasteiger partial charge in [-0.25, -0.2) is 0 Å². The maximum absolute atomic E-state index is 11.9. The van der Waals surface area contributed by atoms with Crippen molar-refractivity contribution in [1.29, 1.82) is 0 Å². The Morgan fingerprint density at radius 2 is 1.10 bits per heavy atom. The molecule has 0 rings (SSSR count). The summed E-state index contributed by atoms with van der Waals surface area (Å²) in [7, 11) is -3.05. The van der Waals surface area contributed by atoms with Crippen molar-refractivity contribution in [2.45, 2.75) is 46.1 Å². The number of alkyl halides is 6. The number of unbranched alkanes of at least 4 members (excludes halogenated alkanes) is 2. The Kier molecular flexibility index (Phi) is 11.7. The zero-order chi connectivity index (χ0) is 16.6. The molecule has 0 heterocycles. The van der Waals surface area contributed by atoms with Crippen molar-refractivity contribution < 1.29 is 13.6 Å². The van der Waals surface area contributed by atoms with E-state index in [1.54, 1.807) is 0 Å². The highest BCUT2D eigenvalue weighted by Gasteiger charge is 2.21. The quantitative estimate of drug-likeness (QED) is 0.209. The van der Waals surface area contributed by atoms with E-state index >= 15 is 0 Å². The second-order valence-electron chi connectivity index (χ2n) is 4.58. The molecule has 0 spiro atoms. The van der Waals surface area contributed by atoms with E-state index in [2.05, 4.69) is 0 Å². The zero-order valence-corrected chi connectivity index (χ0v) is 17.0. The number of halogens is 6. The minimum absolute atomic E-state index is 0.294. The van der Waals surface area contributed by atoms with Crippen molar-refractivity contribution in [2.75, 3.05) is 19.9 Å². The van der Waals surface area contributed by atoms with Crippen LogP contribution in [0.3, 0.4) is 0 Å². The third-order valence-corrected chi connectivity index (χ3v) is 4.80. The van der Waals surface area contributed by atoms with Crippen molar-refractivity contribution in [3.63, 3.8) is 0 Å². The summed E-state index contributed by atoms with van der Waals surface area (Å²) in [5.74, 6) is 0. The second-order valence-corrected chi connectivity index (χ2v) is 11.7. The van der Waals surface area contributed by atoms with E-state index in [4.69, 9.17) is 78.7 Å². The summed E-state index contributed by atoms with van der Waals surface area (Å²) >= 11 is 33.7. The highest BCUT2D eigenvalue weighted by atomic mass is 35.6. The molecule has 0 fully saturated rings. The molecular formula is C11H19Cl6O3P. The molecule has 0 aromatic rings. The monoisotopic (exact) mass is 440 g/mol. The second kappa shape index (κ2) is 10.7. The Bertz CT molecular complexity index is 301.